The Morgan fingerprint density at radius 3 is 2.87 bits per heavy atom. The van der Waals surface area contributed by atoms with Gasteiger partial charge in [-0.2, -0.15) is 5.10 Å². The molecule has 154 valence electrons. The number of rotatable bonds is 6. The zero-order chi connectivity index (χ0) is 21.1. The van der Waals surface area contributed by atoms with Crippen LogP contribution in [0, 0.1) is 0 Å². The predicted molar refractivity (Wildman–Crippen MR) is 112 cm³/mol. The summed E-state index contributed by atoms with van der Waals surface area (Å²) in [6, 6.07) is 7.75. The number of benzene rings is 1. The van der Waals surface area contributed by atoms with Gasteiger partial charge in [-0.1, -0.05) is 25.1 Å². The highest BCUT2D eigenvalue weighted by Crippen LogP contribution is 2.27. The van der Waals surface area contributed by atoms with E-state index in [0.29, 0.717) is 17.0 Å². The van der Waals surface area contributed by atoms with Crippen molar-refractivity contribution < 1.29 is 14.3 Å². The van der Waals surface area contributed by atoms with E-state index in [2.05, 4.69) is 37.9 Å². The van der Waals surface area contributed by atoms with Gasteiger partial charge in [0.2, 0.25) is 0 Å². The molecule has 4 rings (SSSR count). The summed E-state index contributed by atoms with van der Waals surface area (Å²) < 4.78 is 5.10. The Hall–Kier alpha value is -3.52. The number of Topliss-reactive ketones (excluding diaryl/α,β-unsaturated/α-hetero) is 1. The molecule has 3 N–H and O–H groups in total. The summed E-state index contributed by atoms with van der Waals surface area (Å²) in [7, 11) is 1.50. The van der Waals surface area contributed by atoms with Crippen molar-refractivity contribution in [2.45, 2.75) is 25.8 Å². The predicted octanol–water partition coefficient (Wildman–Crippen LogP) is 2.70. The van der Waals surface area contributed by atoms with Crippen molar-refractivity contribution in [3.05, 3.63) is 70.8 Å². The molecular formula is C22H23N5O3. The van der Waals surface area contributed by atoms with Gasteiger partial charge < -0.3 is 15.4 Å². The van der Waals surface area contributed by atoms with Crippen LogP contribution in [0.15, 0.2) is 42.9 Å². The Morgan fingerprint density at radius 1 is 1.17 bits per heavy atom. The molecule has 0 saturated heterocycles. The zero-order valence-corrected chi connectivity index (χ0v) is 16.9. The Kier molecular flexibility index (Phi) is 5.58. The van der Waals surface area contributed by atoms with E-state index in [1.807, 2.05) is 13.0 Å². The van der Waals surface area contributed by atoms with E-state index in [4.69, 9.17) is 4.74 Å². The molecule has 8 nitrogen and oxygen atoms in total. The number of amides is 1. The third-order valence-electron chi connectivity index (χ3n) is 5.36. The van der Waals surface area contributed by atoms with Gasteiger partial charge in [-0.25, -0.2) is 0 Å². The number of carbonyl (C=O) groups is 2. The molecule has 1 amide bonds. The number of carbonyl (C=O) groups excluding carboxylic acids is 2. The van der Waals surface area contributed by atoms with E-state index < -0.39 is 5.91 Å². The molecule has 0 saturated carbocycles. The fourth-order valence-corrected chi connectivity index (χ4v) is 3.55. The molecule has 30 heavy (non-hydrogen) atoms. The van der Waals surface area contributed by atoms with Crippen molar-refractivity contribution >= 4 is 17.4 Å². The first-order chi connectivity index (χ1) is 14.6. The normalized spacial score (nSPS) is 13.9. The molecule has 0 bridgehead atoms. The van der Waals surface area contributed by atoms with Gasteiger partial charge in [-0.3, -0.25) is 19.7 Å². The number of ketones is 1. The number of hydrogen-bond donors (Lipinski definition) is 3. The van der Waals surface area contributed by atoms with Crippen LogP contribution in [-0.4, -0.2) is 40.5 Å². The lowest BCUT2D eigenvalue weighted by Gasteiger charge is -2.19. The molecule has 1 unspecified atom stereocenters. The van der Waals surface area contributed by atoms with Crippen LogP contribution in [0.1, 0.15) is 50.4 Å². The van der Waals surface area contributed by atoms with Crippen molar-refractivity contribution in [1.29, 1.82) is 0 Å². The van der Waals surface area contributed by atoms with E-state index >= 15 is 0 Å². The van der Waals surface area contributed by atoms with Gasteiger partial charge in [0.1, 0.15) is 11.4 Å². The summed E-state index contributed by atoms with van der Waals surface area (Å²) in [5.74, 6) is -0.437. The molecule has 1 atom stereocenters. The summed E-state index contributed by atoms with van der Waals surface area (Å²) in [4.78, 5) is 29.7. The number of anilines is 1. The third kappa shape index (κ3) is 3.95. The Bertz CT molecular complexity index is 1090. The van der Waals surface area contributed by atoms with Crippen LogP contribution in [-0.2, 0) is 13.0 Å². The van der Waals surface area contributed by atoms with Crippen molar-refractivity contribution in [2.24, 2.45) is 0 Å². The van der Waals surface area contributed by atoms with Crippen LogP contribution in [0.5, 0.6) is 5.75 Å². The van der Waals surface area contributed by atoms with Gasteiger partial charge in [0.05, 0.1) is 30.8 Å². The first-order valence-corrected chi connectivity index (χ1v) is 9.77. The maximum absolute atomic E-state index is 13.1. The smallest absolute Gasteiger partial charge is 0.257 e. The quantitative estimate of drug-likeness (QED) is 0.544. The molecule has 0 spiro atoms. The lowest BCUT2D eigenvalue weighted by Crippen LogP contribution is -2.24. The van der Waals surface area contributed by atoms with Crippen LogP contribution < -0.4 is 15.4 Å². The summed E-state index contributed by atoms with van der Waals surface area (Å²) in [5.41, 5.74) is 4.42. The van der Waals surface area contributed by atoms with E-state index in [-0.39, 0.29) is 17.4 Å². The van der Waals surface area contributed by atoms with E-state index in [9.17, 15) is 9.59 Å². The number of fused-ring (bicyclic) bond motifs is 1. The van der Waals surface area contributed by atoms with Gasteiger partial charge in [-0.05, 0) is 35.7 Å². The average Bonchev–Trinajstić information content (AvgIpc) is 3.25. The minimum Gasteiger partial charge on any atom is -0.495 e. The first-order valence-electron chi connectivity index (χ1n) is 9.77. The van der Waals surface area contributed by atoms with Gasteiger partial charge >= 0.3 is 0 Å². The lowest BCUT2D eigenvalue weighted by molar-refractivity contribution is 0.0962. The Morgan fingerprint density at radius 2 is 2.03 bits per heavy atom. The highest BCUT2D eigenvalue weighted by Gasteiger charge is 2.24. The monoisotopic (exact) mass is 405 g/mol. The number of aromatic amines is 1. The summed E-state index contributed by atoms with van der Waals surface area (Å²) in [5, 5.41) is 12.8. The highest BCUT2D eigenvalue weighted by atomic mass is 16.5. The minimum atomic E-state index is -0.397. The molecule has 3 aromatic rings. The lowest BCUT2D eigenvalue weighted by atomic mass is 9.90. The number of nitrogens with one attached hydrogen (secondary N) is 3. The number of aromatic nitrogens is 3. The van der Waals surface area contributed by atoms with Crippen molar-refractivity contribution in [2.75, 3.05) is 19.0 Å². The summed E-state index contributed by atoms with van der Waals surface area (Å²) in [6.45, 7) is 3.66. The van der Waals surface area contributed by atoms with Crippen LogP contribution in [0.25, 0.3) is 0 Å². The molecule has 8 heteroatoms. The maximum Gasteiger partial charge on any atom is 0.257 e. The molecule has 3 heterocycles. The minimum absolute atomic E-state index is 0.138. The average molecular weight is 405 g/mol. The third-order valence-corrected chi connectivity index (χ3v) is 5.36. The fraction of sp³-hybridized carbons (Fsp3) is 0.273. The number of pyridine rings is 1. The van der Waals surface area contributed by atoms with Crippen LogP contribution in [0.2, 0.25) is 0 Å². The van der Waals surface area contributed by atoms with Crippen molar-refractivity contribution in [3.8, 4) is 5.75 Å². The number of H-pyrrole nitrogens is 1. The second-order valence-electron chi connectivity index (χ2n) is 7.27. The van der Waals surface area contributed by atoms with Crippen LogP contribution >= 0.6 is 0 Å². The Labute approximate surface area is 174 Å². The first kappa shape index (κ1) is 19.8. The SMILES string of the molecule is COc1cncc(C(=O)Nc2cn[nH]c2C(=O)C(C)c2ccc3c(c2)CCNC3)c1. The molecule has 0 fully saturated rings. The Balaban J connectivity index is 1.53. The van der Waals surface area contributed by atoms with Crippen LogP contribution in [0.4, 0.5) is 5.69 Å². The second-order valence-corrected chi connectivity index (χ2v) is 7.27. The van der Waals surface area contributed by atoms with Crippen molar-refractivity contribution in [3.63, 3.8) is 0 Å². The van der Waals surface area contributed by atoms with Crippen LogP contribution in [0.3, 0.4) is 0 Å². The second kappa shape index (κ2) is 8.46. The molecule has 2 aromatic heterocycles. The topological polar surface area (TPSA) is 109 Å². The molecule has 0 aliphatic carbocycles. The molecule has 0 radical (unpaired) electrons. The standard InChI is InChI=1S/C22H23N5O3/c1-13(14-3-4-16-9-23-6-5-15(16)7-14)21(28)20-19(12-25-27-20)26-22(29)17-8-18(30-2)11-24-10-17/h3-4,7-8,10-13,23H,5-6,9H2,1-2H3,(H,25,27)(H,26,29). The number of hydrogen-bond acceptors (Lipinski definition) is 6. The number of methoxy groups -OCH3 is 1. The van der Waals surface area contributed by atoms with E-state index in [1.165, 1.54) is 36.8 Å². The van der Waals surface area contributed by atoms with Crippen molar-refractivity contribution in [1.82, 2.24) is 20.5 Å². The molecular weight excluding hydrogens is 382 g/mol. The van der Waals surface area contributed by atoms with Gasteiger partial charge in [0.25, 0.3) is 5.91 Å². The van der Waals surface area contributed by atoms with E-state index in [0.717, 1.165) is 25.1 Å². The molecule has 1 aliphatic rings. The number of nitrogens with zero attached hydrogens (tertiary/aromatic N) is 2. The fourth-order valence-electron chi connectivity index (χ4n) is 3.55. The van der Waals surface area contributed by atoms with Gasteiger partial charge in [0.15, 0.2) is 5.78 Å². The largest absolute Gasteiger partial charge is 0.495 e. The summed E-state index contributed by atoms with van der Waals surface area (Å²) in [6.07, 6.45) is 5.33. The highest BCUT2D eigenvalue weighted by molar-refractivity contribution is 6.10. The molecule has 1 aliphatic heterocycles. The zero-order valence-electron chi connectivity index (χ0n) is 16.9. The maximum atomic E-state index is 13.1. The van der Waals surface area contributed by atoms with E-state index in [1.54, 1.807) is 6.07 Å². The van der Waals surface area contributed by atoms with Gasteiger partial charge in [0, 0.05) is 18.7 Å². The number of ether oxygens (including phenoxy) is 1. The summed E-state index contributed by atoms with van der Waals surface area (Å²) >= 11 is 0. The van der Waals surface area contributed by atoms with Gasteiger partial charge in [-0.15, -0.1) is 0 Å². The molecule has 1 aromatic carbocycles.